The van der Waals surface area contributed by atoms with Crippen LogP contribution < -0.4 is 4.72 Å². The molecule has 0 aromatic heterocycles. The third kappa shape index (κ3) is 4.53. The average Bonchev–Trinajstić information content (AvgIpc) is 2.64. The lowest BCUT2D eigenvalue weighted by atomic mass is 10.2. The van der Waals surface area contributed by atoms with Crippen LogP contribution in [0.25, 0.3) is 0 Å². The van der Waals surface area contributed by atoms with Crippen LogP contribution in [0.2, 0.25) is 0 Å². The lowest BCUT2D eigenvalue weighted by Gasteiger charge is -2.26. The maximum Gasteiger partial charge on any atom is 0.262 e. The van der Waals surface area contributed by atoms with Gasteiger partial charge in [-0.2, -0.15) is 4.31 Å². The number of hydrogen-bond acceptors (Lipinski definition) is 4. The Bertz CT molecular complexity index is 1050. The third-order valence-electron chi connectivity index (χ3n) is 4.48. The topological polar surface area (TPSA) is 83.5 Å². The van der Waals surface area contributed by atoms with E-state index in [0.29, 0.717) is 23.1 Å². The summed E-state index contributed by atoms with van der Waals surface area (Å²) in [4.78, 5) is 0.233. The molecule has 2 aromatic rings. The molecule has 1 aliphatic heterocycles. The third-order valence-corrected chi connectivity index (χ3v) is 8.39. The molecule has 2 aromatic carbocycles. The van der Waals surface area contributed by atoms with Crippen molar-refractivity contribution in [3.63, 3.8) is 0 Å². The van der Waals surface area contributed by atoms with E-state index in [9.17, 15) is 16.8 Å². The molecule has 146 valence electrons. The van der Waals surface area contributed by atoms with E-state index in [-0.39, 0.29) is 15.5 Å². The second-order valence-corrected chi connectivity index (χ2v) is 11.0. The molecule has 3 rings (SSSR count). The highest BCUT2D eigenvalue weighted by atomic mass is 79.9. The summed E-state index contributed by atoms with van der Waals surface area (Å²) >= 11 is 3.28. The lowest BCUT2D eigenvalue weighted by Crippen LogP contribution is -2.35. The first kappa shape index (κ1) is 20.3. The molecule has 1 heterocycles. The van der Waals surface area contributed by atoms with Crippen LogP contribution in [0.4, 0.5) is 5.69 Å². The molecular formula is C18H21BrN2O4S2. The Hall–Kier alpha value is -1.42. The summed E-state index contributed by atoms with van der Waals surface area (Å²) in [5.41, 5.74) is 0.815. The highest BCUT2D eigenvalue weighted by Crippen LogP contribution is 2.26. The first-order chi connectivity index (χ1) is 12.7. The molecular weight excluding hydrogens is 452 g/mol. The Labute approximate surface area is 168 Å². The number of rotatable bonds is 5. The number of nitrogens with one attached hydrogen (secondary N) is 1. The van der Waals surface area contributed by atoms with Crippen LogP contribution in [0.1, 0.15) is 24.8 Å². The number of sulfonamides is 2. The summed E-state index contributed by atoms with van der Waals surface area (Å²) in [6, 6.07) is 10.9. The monoisotopic (exact) mass is 472 g/mol. The Morgan fingerprint density at radius 3 is 2.37 bits per heavy atom. The van der Waals surface area contributed by atoms with Crippen molar-refractivity contribution in [3.8, 4) is 0 Å². The van der Waals surface area contributed by atoms with Gasteiger partial charge in [-0.05, 0) is 55.7 Å². The van der Waals surface area contributed by atoms with Crippen LogP contribution in [-0.2, 0) is 20.0 Å². The van der Waals surface area contributed by atoms with Gasteiger partial charge in [0.25, 0.3) is 10.0 Å². The fraction of sp³-hybridized carbons (Fsp3) is 0.333. The van der Waals surface area contributed by atoms with Crippen LogP contribution in [0.15, 0.2) is 56.7 Å². The van der Waals surface area contributed by atoms with E-state index in [1.54, 1.807) is 31.2 Å². The number of anilines is 1. The normalized spacial score (nSPS) is 16.2. The molecule has 0 spiro atoms. The Morgan fingerprint density at radius 1 is 0.963 bits per heavy atom. The maximum atomic E-state index is 12.8. The second-order valence-electron chi connectivity index (χ2n) is 6.51. The van der Waals surface area contributed by atoms with Crippen molar-refractivity contribution in [1.29, 1.82) is 0 Å². The Kier molecular flexibility index (Phi) is 5.95. The summed E-state index contributed by atoms with van der Waals surface area (Å²) in [5, 5.41) is 0. The van der Waals surface area contributed by atoms with Gasteiger partial charge in [-0.3, -0.25) is 4.72 Å². The number of halogens is 1. The Morgan fingerprint density at radius 2 is 1.67 bits per heavy atom. The molecule has 0 unspecified atom stereocenters. The molecule has 9 heteroatoms. The van der Waals surface area contributed by atoms with Crippen molar-refractivity contribution in [1.82, 2.24) is 4.31 Å². The summed E-state index contributed by atoms with van der Waals surface area (Å²) in [5.74, 6) is 0. The van der Waals surface area contributed by atoms with E-state index in [2.05, 4.69) is 20.7 Å². The maximum absolute atomic E-state index is 12.8. The van der Waals surface area contributed by atoms with Gasteiger partial charge < -0.3 is 0 Å². The van der Waals surface area contributed by atoms with Crippen molar-refractivity contribution in [3.05, 3.63) is 52.5 Å². The van der Waals surface area contributed by atoms with Gasteiger partial charge in [-0.15, -0.1) is 0 Å². The van der Waals surface area contributed by atoms with Gasteiger partial charge in [0.15, 0.2) is 0 Å². The molecule has 6 nitrogen and oxygen atoms in total. The first-order valence-electron chi connectivity index (χ1n) is 8.59. The van der Waals surface area contributed by atoms with Crippen LogP contribution >= 0.6 is 15.9 Å². The molecule has 0 aliphatic carbocycles. The smallest absolute Gasteiger partial charge is 0.262 e. The summed E-state index contributed by atoms with van der Waals surface area (Å²) in [6.07, 6.45) is 2.71. The standard InChI is InChI=1S/C18H21BrN2O4S2/c1-14-8-9-15(19)12-18(14)26(22,23)20-16-6-5-7-17(13-16)27(24,25)21-10-3-2-4-11-21/h5-9,12-13,20H,2-4,10-11H2,1H3. The van der Waals surface area contributed by atoms with Crippen molar-refractivity contribution in [2.45, 2.75) is 36.0 Å². The highest BCUT2D eigenvalue weighted by molar-refractivity contribution is 9.10. The average molecular weight is 473 g/mol. The zero-order valence-electron chi connectivity index (χ0n) is 14.9. The van der Waals surface area contributed by atoms with Gasteiger partial charge in [0.05, 0.1) is 15.5 Å². The number of hydrogen-bond donors (Lipinski definition) is 1. The SMILES string of the molecule is Cc1ccc(Br)cc1S(=O)(=O)Nc1cccc(S(=O)(=O)N2CCCCC2)c1. The van der Waals surface area contributed by atoms with Gasteiger partial charge >= 0.3 is 0 Å². The van der Waals surface area contributed by atoms with Crippen LogP contribution in [0.3, 0.4) is 0 Å². The van der Waals surface area contributed by atoms with Gasteiger partial charge in [0, 0.05) is 17.6 Å². The van der Waals surface area contributed by atoms with Crippen molar-refractivity contribution in [2.75, 3.05) is 17.8 Å². The highest BCUT2D eigenvalue weighted by Gasteiger charge is 2.26. The van der Waals surface area contributed by atoms with E-state index in [0.717, 1.165) is 19.3 Å². The molecule has 27 heavy (non-hydrogen) atoms. The van der Waals surface area contributed by atoms with Crippen molar-refractivity contribution >= 4 is 41.7 Å². The number of nitrogens with zero attached hydrogens (tertiary/aromatic N) is 1. The van der Waals surface area contributed by atoms with E-state index >= 15 is 0 Å². The van der Waals surface area contributed by atoms with Gasteiger partial charge in [0.1, 0.15) is 0 Å². The quantitative estimate of drug-likeness (QED) is 0.718. The fourth-order valence-electron chi connectivity index (χ4n) is 3.05. The number of aryl methyl sites for hydroxylation is 1. The lowest BCUT2D eigenvalue weighted by molar-refractivity contribution is 0.346. The zero-order valence-corrected chi connectivity index (χ0v) is 18.1. The minimum atomic E-state index is -3.84. The first-order valence-corrected chi connectivity index (χ1v) is 12.3. The second kappa shape index (κ2) is 7.90. The molecule has 0 amide bonds. The largest absolute Gasteiger partial charge is 0.280 e. The molecule has 0 atom stereocenters. The van der Waals surface area contributed by atoms with Gasteiger partial charge in [0.2, 0.25) is 10.0 Å². The molecule has 1 saturated heterocycles. The van der Waals surface area contributed by atoms with E-state index in [1.165, 1.54) is 22.5 Å². The van der Waals surface area contributed by atoms with Gasteiger partial charge in [-0.25, -0.2) is 16.8 Å². The minimum Gasteiger partial charge on any atom is -0.280 e. The van der Waals surface area contributed by atoms with Crippen LogP contribution in [0, 0.1) is 6.92 Å². The van der Waals surface area contributed by atoms with E-state index in [1.807, 2.05) is 0 Å². The van der Waals surface area contributed by atoms with Crippen molar-refractivity contribution in [2.24, 2.45) is 0 Å². The Balaban J connectivity index is 1.91. The van der Waals surface area contributed by atoms with E-state index < -0.39 is 20.0 Å². The van der Waals surface area contributed by atoms with Crippen LogP contribution in [-0.4, -0.2) is 34.2 Å². The summed E-state index contributed by atoms with van der Waals surface area (Å²) < 4.78 is 55.7. The molecule has 1 N–H and O–H groups in total. The number of piperidine rings is 1. The zero-order chi connectivity index (χ0) is 19.7. The predicted molar refractivity (Wildman–Crippen MR) is 109 cm³/mol. The van der Waals surface area contributed by atoms with E-state index in [4.69, 9.17) is 0 Å². The molecule has 0 bridgehead atoms. The minimum absolute atomic E-state index is 0.0931. The molecule has 0 saturated carbocycles. The van der Waals surface area contributed by atoms with Crippen molar-refractivity contribution < 1.29 is 16.8 Å². The summed E-state index contributed by atoms with van der Waals surface area (Å²) in [7, 11) is -7.47. The van der Waals surface area contributed by atoms with Gasteiger partial charge in [-0.1, -0.05) is 34.5 Å². The molecule has 0 radical (unpaired) electrons. The van der Waals surface area contributed by atoms with Crippen LogP contribution in [0.5, 0.6) is 0 Å². The predicted octanol–water partition coefficient (Wildman–Crippen LogP) is 3.73. The number of benzene rings is 2. The molecule has 1 fully saturated rings. The summed E-state index contributed by atoms with van der Waals surface area (Å²) in [6.45, 7) is 2.70. The fourth-order valence-corrected chi connectivity index (χ4v) is 6.45. The molecule has 1 aliphatic rings.